The van der Waals surface area contributed by atoms with E-state index in [1.165, 1.54) is 11.1 Å². The fourth-order valence-electron chi connectivity index (χ4n) is 1.40. The van der Waals surface area contributed by atoms with E-state index in [4.69, 9.17) is 10.5 Å². The molecular formula is C13H21NO. The van der Waals surface area contributed by atoms with E-state index in [1.54, 1.807) is 0 Å². The summed E-state index contributed by atoms with van der Waals surface area (Å²) < 4.78 is 5.62. The van der Waals surface area contributed by atoms with Crippen LogP contribution in [0, 0.1) is 5.92 Å². The molecule has 0 fully saturated rings. The standard InChI is InChI=1S/C13H21NO/c1-11(2)7-8-15-10-13-6-4-3-5-12(13)9-14/h3-6,11H,7-10,14H2,1-2H3. The minimum absolute atomic E-state index is 0.587. The van der Waals surface area contributed by atoms with Gasteiger partial charge in [0.15, 0.2) is 0 Å². The summed E-state index contributed by atoms with van der Waals surface area (Å²) in [5.74, 6) is 0.703. The monoisotopic (exact) mass is 207 g/mol. The first-order chi connectivity index (χ1) is 7.24. The van der Waals surface area contributed by atoms with Gasteiger partial charge in [-0.25, -0.2) is 0 Å². The second kappa shape index (κ2) is 6.59. The lowest BCUT2D eigenvalue weighted by Gasteiger charge is -2.09. The van der Waals surface area contributed by atoms with Crippen molar-refractivity contribution in [1.29, 1.82) is 0 Å². The molecule has 1 rings (SSSR count). The number of rotatable bonds is 6. The molecule has 0 heterocycles. The van der Waals surface area contributed by atoms with Crippen LogP contribution in [0.1, 0.15) is 31.4 Å². The van der Waals surface area contributed by atoms with Gasteiger partial charge in [-0.15, -0.1) is 0 Å². The Morgan fingerprint density at radius 1 is 1.20 bits per heavy atom. The molecule has 0 atom stereocenters. The zero-order chi connectivity index (χ0) is 11.1. The molecule has 0 aliphatic heterocycles. The van der Waals surface area contributed by atoms with Crippen molar-refractivity contribution in [3.63, 3.8) is 0 Å². The fourth-order valence-corrected chi connectivity index (χ4v) is 1.40. The maximum Gasteiger partial charge on any atom is 0.0720 e. The number of ether oxygens (including phenoxy) is 1. The predicted octanol–water partition coefficient (Wildman–Crippen LogP) is 2.71. The lowest BCUT2D eigenvalue weighted by atomic mass is 10.1. The topological polar surface area (TPSA) is 35.2 Å². The lowest BCUT2D eigenvalue weighted by molar-refractivity contribution is 0.110. The summed E-state index contributed by atoms with van der Waals surface area (Å²) >= 11 is 0. The SMILES string of the molecule is CC(C)CCOCc1ccccc1CN. The normalized spacial score (nSPS) is 10.9. The predicted molar refractivity (Wildman–Crippen MR) is 63.4 cm³/mol. The Hall–Kier alpha value is -0.860. The average Bonchev–Trinajstić information content (AvgIpc) is 2.24. The molecule has 0 unspecified atom stereocenters. The molecule has 0 spiro atoms. The van der Waals surface area contributed by atoms with E-state index in [9.17, 15) is 0 Å². The summed E-state index contributed by atoms with van der Waals surface area (Å²) in [5, 5.41) is 0. The van der Waals surface area contributed by atoms with Gasteiger partial charge in [0.2, 0.25) is 0 Å². The van der Waals surface area contributed by atoms with E-state index in [0.717, 1.165) is 13.0 Å². The van der Waals surface area contributed by atoms with Crippen LogP contribution in [0.25, 0.3) is 0 Å². The van der Waals surface area contributed by atoms with Gasteiger partial charge in [-0.05, 0) is 23.5 Å². The maximum atomic E-state index is 5.65. The second-order valence-corrected chi connectivity index (χ2v) is 4.21. The first kappa shape index (κ1) is 12.2. The molecule has 84 valence electrons. The van der Waals surface area contributed by atoms with Crippen molar-refractivity contribution in [3.05, 3.63) is 35.4 Å². The van der Waals surface area contributed by atoms with Crippen molar-refractivity contribution < 1.29 is 4.74 Å². The molecule has 2 heteroatoms. The van der Waals surface area contributed by atoms with E-state index in [2.05, 4.69) is 26.0 Å². The summed E-state index contributed by atoms with van der Waals surface area (Å²) in [6.07, 6.45) is 1.12. The van der Waals surface area contributed by atoms with Crippen molar-refractivity contribution >= 4 is 0 Å². The van der Waals surface area contributed by atoms with E-state index >= 15 is 0 Å². The van der Waals surface area contributed by atoms with Gasteiger partial charge in [-0.3, -0.25) is 0 Å². The van der Waals surface area contributed by atoms with Crippen molar-refractivity contribution in [3.8, 4) is 0 Å². The summed E-state index contributed by atoms with van der Waals surface area (Å²) in [5.41, 5.74) is 8.04. The van der Waals surface area contributed by atoms with Crippen molar-refractivity contribution in [2.24, 2.45) is 11.7 Å². The Morgan fingerprint density at radius 3 is 2.47 bits per heavy atom. The van der Waals surface area contributed by atoms with Gasteiger partial charge < -0.3 is 10.5 Å². The molecule has 0 aliphatic rings. The van der Waals surface area contributed by atoms with Crippen LogP contribution >= 0.6 is 0 Å². The Bertz CT molecular complexity index is 284. The highest BCUT2D eigenvalue weighted by atomic mass is 16.5. The van der Waals surface area contributed by atoms with Gasteiger partial charge in [0.1, 0.15) is 0 Å². The van der Waals surface area contributed by atoms with E-state index in [1.807, 2.05) is 12.1 Å². The van der Waals surface area contributed by atoms with Gasteiger partial charge >= 0.3 is 0 Å². The fraction of sp³-hybridized carbons (Fsp3) is 0.538. The third kappa shape index (κ3) is 4.45. The van der Waals surface area contributed by atoms with Crippen molar-refractivity contribution in [2.75, 3.05) is 6.61 Å². The Labute approximate surface area is 92.4 Å². The minimum atomic E-state index is 0.587. The summed E-state index contributed by atoms with van der Waals surface area (Å²) in [6, 6.07) is 8.18. The molecule has 1 aromatic rings. The smallest absolute Gasteiger partial charge is 0.0720 e. The highest BCUT2D eigenvalue weighted by Crippen LogP contribution is 2.10. The number of benzene rings is 1. The molecule has 15 heavy (non-hydrogen) atoms. The van der Waals surface area contributed by atoms with Gasteiger partial charge in [0, 0.05) is 13.2 Å². The number of hydrogen-bond donors (Lipinski definition) is 1. The number of nitrogens with two attached hydrogens (primary N) is 1. The number of hydrogen-bond acceptors (Lipinski definition) is 2. The second-order valence-electron chi connectivity index (χ2n) is 4.21. The Kier molecular flexibility index (Phi) is 5.37. The third-order valence-corrected chi connectivity index (χ3v) is 2.44. The van der Waals surface area contributed by atoms with Gasteiger partial charge in [-0.1, -0.05) is 38.1 Å². The van der Waals surface area contributed by atoms with Gasteiger partial charge in [0.05, 0.1) is 6.61 Å². The molecule has 1 aromatic carbocycles. The molecule has 0 radical (unpaired) electrons. The quantitative estimate of drug-likeness (QED) is 0.728. The molecule has 0 saturated carbocycles. The minimum Gasteiger partial charge on any atom is -0.377 e. The molecule has 0 amide bonds. The van der Waals surface area contributed by atoms with Gasteiger partial charge in [0.25, 0.3) is 0 Å². The Morgan fingerprint density at radius 2 is 1.87 bits per heavy atom. The Balaban J connectivity index is 2.36. The summed E-state index contributed by atoms with van der Waals surface area (Å²) in [4.78, 5) is 0. The van der Waals surface area contributed by atoms with E-state index < -0.39 is 0 Å². The van der Waals surface area contributed by atoms with Crippen LogP contribution in [0.15, 0.2) is 24.3 Å². The van der Waals surface area contributed by atoms with E-state index in [0.29, 0.717) is 19.1 Å². The highest BCUT2D eigenvalue weighted by molar-refractivity contribution is 5.26. The zero-order valence-electron chi connectivity index (χ0n) is 9.70. The average molecular weight is 207 g/mol. The van der Waals surface area contributed by atoms with Crippen LogP contribution in [0.2, 0.25) is 0 Å². The van der Waals surface area contributed by atoms with Crippen LogP contribution < -0.4 is 5.73 Å². The van der Waals surface area contributed by atoms with Crippen LogP contribution in [0.4, 0.5) is 0 Å². The first-order valence-electron chi connectivity index (χ1n) is 5.58. The van der Waals surface area contributed by atoms with Crippen molar-refractivity contribution in [1.82, 2.24) is 0 Å². The third-order valence-electron chi connectivity index (χ3n) is 2.44. The molecule has 2 nitrogen and oxygen atoms in total. The summed E-state index contributed by atoms with van der Waals surface area (Å²) in [7, 11) is 0. The molecular weight excluding hydrogens is 186 g/mol. The first-order valence-corrected chi connectivity index (χ1v) is 5.58. The largest absolute Gasteiger partial charge is 0.377 e. The van der Waals surface area contributed by atoms with Crippen LogP contribution in [0.5, 0.6) is 0 Å². The van der Waals surface area contributed by atoms with Crippen LogP contribution in [0.3, 0.4) is 0 Å². The van der Waals surface area contributed by atoms with Gasteiger partial charge in [-0.2, -0.15) is 0 Å². The summed E-state index contributed by atoms with van der Waals surface area (Å²) in [6.45, 7) is 6.51. The van der Waals surface area contributed by atoms with Crippen LogP contribution in [-0.2, 0) is 17.9 Å². The maximum absolute atomic E-state index is 5.65. The molecule has 0 bridgehead atoms. The molecule has 0 aromatic heterocycles. The molecule has 0 saturated heterocycles. The molecule has 2 N–H and O–H groups in total. The van der Waals surface area contributed by atoms with Crippen LogP contribution in [-0.4, -0.2) is 6.61 Å². The molecule has 0 aliphatic carbocycles. The van der Waals surface area contributed by atoms with E-state index in [-0.39, 0.29) is 0 Å². The highest BCUT2D eigenvalue weighted by Gasteiger charge is 2.00. The lowest BCUT2D eigenvalue weighted by Crippen LogP contribution is -2.04. The van der Waals surface area contributed by atoms with Crippen molar-refractivity contribution in [2.45, 2.75) is 33.4 Å². The zero-order valence-corrected chi connectivity index (χ0v) is 9.70.